The molecule has 0 radical (unpaired) electrons. The van der Waals surface area contributed by atoms with Gasteiger partial charge in [0.25, 0.3) is 11.8 Å². The molecule has 172 valence electrons. The van der Waals surface area contributed by atoms with Gasteiger partial charge in [0.1, 0.15) is 5.75 Å². The molecule has 5 rings (SSSR count). The number of carbonyl (C=O) groups is 2. The molecule has 5 heteroatoms. The van der Waals surface area contributed by atoms with E-state index in [1.54, 1.807) is 0 Å². The predicted octanol–water partition coefficient (Wildman–Crippen LogP) is 4.10. The maximum absolute atomic E-state index is 13.2. The number of fused-ring (bicyclic) bond motifs is 2. The van der Waals surface area contributed by atoms with Crippen LogP contribution in [0.25, 0.3) is 0 Å². The highest BCUT2D eigenvalue weighted by atomic mass is 16.5. The SMILES string of the molecule is O=C1COc2ccccc2C/C=C/CC2(CCN(C(=O)c3ccc4c(c3)CCC4)CC2)CN1. The lowest BCUT2D eigenvalue weighted by molar-refractivity contribution is -0.123. The first kappa shape index (κ1) is 21.7. The van der Waals surface area contributed by atoms with Gasteiger partial charge in [-0.2, -0.15) is 0 Å². The lowest BCUT2D eigenvalue weighted by atomic mass is 9.75. The smallest absolute Gasteiger partial charge is 0.257 e. The monoisotopic (exact) mass is 444 g/mol. The summed E-state index contributed by atoms with van der Waals surface area (Å²) in [6.45, 7) is 2.08. The molecule has 0 bridgehead atoms. The molecule has 2 heterocycles. The molecular formula is C28H32N2O3. The van der Waals surface area contributed by atoms with Gasteiger partial charge in [-0.15, -0.1) is 0 Å². The Morgan fingerprint density at radius 3 is 2.67 bits per heavy atom. The summed E-state index contributed by atoms with van der Waals surface area (Å²) >= 11 is 0. The molecule has 0 unspecified atom stereocenters. The minimum absolute atomic E-state index is 0.0275. The highest BCUT2D eigenvalue weighted by Gasteiger charge is 2.36. The minimum atomic E-state index is -0.0922. The lowest BCUT2D eigenvalue weighted by Crippen LogP contribution is -2.48. The van der Waals surface area contributed by atoms with Crippen LogP contribution in [0.15, 0.2) is 54.6 Å². The molecule has 1 fully saturated rings. The van der Waals surface area contributed by atoms with E-state index < -0.39 is 0 Å². The number of nitrogens with one attached hydrogen (secondary N) is 1. The normalized spacial score (nSPS) is 21.1. The number of amides is 2. The van der Waals surface area contributed by atoms with Gasteiger partial charge in [-0.05, 0) is 85.3 Å². The third-order valence-corrected chi connectivity index (χ3v) is 7.50. The highest BCUT2D eigenvalue weighted by molar-refractivity contribution is 5.94. The molecule has 2 aromatic rings. The Bertz CT molecular complexity index is 1070. The van der Waals surface area contributed by atoms with Gasteiger partial charge >= 0.3 is 0 Å². The van der Waals surface area contributed by atoms with Crippen LogP contribution in [0.2, 0.25) is 0 Å². The molecule has 1 saturated heterocycles. The second kappa shape index (κ2) is 9.42. The molecule has 0 aromatic heterocycles. The molecule has 1 spiro atoms. The summed E-state index contributed by atoms with van der Waals surface area (Å²) < 4.78 is 5.78. The van der Waals surface area contributed by atoms with Crippen LogP contribution < -0.4 is 10.1 Å². The van der Waals surface area contributed by atoms with Gasteiger partial charge < -0.3 is 15.0 Å². The first-order valence-corrected chi connectivity index (χ1v) is 12.2. The van der Waals surface area contributed by atoms with Gasteiger partial charge in [0, 0.05) is 25.2 Å². The van der Waals surface area contributed by atoms with E-state index in [9.17, 15) is 9.59 Å². The van der Waals surface area contributed by atoms with Crippen molar-refractivity contribution in [3.8, 4) is 5.75 Å². The average molecular weight is 445 g/mol. The number of piperidine rings is 1. The molecule has 2 amide bonds. The Morgan fingerprint density at radius 2 is 1.79 bits per heavy atom. The molecular weight excluding hydrogens is 412 g/mol. The Hall–Kier alpha value is -3.08. The number of aryl methyl sites for hydroxylation is 2. The summed E-state index contributed by atoms with van der Waals surface area (Å²) in [7, 11) is 0. The zero-order valence-electron chi connectivity index (χ0n) is 19.1. The first-order chi connectivity index (χ1) is 16.1. The second-order valence-corrected chi connectivity index (χ2v) is 9.68. The highest BCUT2D eigenvalue weighted by Crippen LogP contribution is 2.36. The van der Waals surface area contributed by atoms with E-state index in [2.05, 4.69) is 29.6 Å². The first-order valence-electron chi connectivity index (χ1n) is 12.2. The van der Waals surface area contributed by atoms with Crippen molar-refractivity contribution in [3.63, 3.8) is 0 Å². The van der Waals surface area contributed by atoms with Crippen molar-refractivity contribution in [2.45, 2.75) is 44.9 Å². The molecule has 1 aliphatic carbocycles. The van der Waals surface area contributed by atoms with Crippen molar-refractivity contribution in [3.05, 3.63) is 76.9 Å². The zero-order chi connectivity index (χ0) is 22.7. The van der Waals surface area contributed by atoms with Crippen LogP contribution in [0.4, 0.5) is 0 Å². The zero-order valence-corrected chi connectivity index (χ0v) is 19.1. The van der Waals surface area contributed by atoms with Gasteiger partial charge in [0.05, 0.1) is 0 Å². The van der Waals surface area contributed by atoms with E-state index in [1.807, 2.05) is 35.2 Å². The molecule has 0 atom stereocenters. The number of ether oxygens (including phenoxy) is 1. The fourth-order valence-corrected chi connectivity index (χ4v) is 5.36. The van der Waals surface area contributed by atoms with Crippen molar-refractivity contribution in [1.29, 1.82) is 0 Å². The molecule has 2 aromatic carbocycles. The number of allylic oxidation sites excluding steroid dienone is 2. The summed E-state index contributed by atoms with van der Waals surface area (Å²) in [6, 6.07) is 14.1. The van der Waals surface area contributed by atoms with Crippen molar-refractivity contribution < 1.29 is 14.3 Å². The fraction of sp³-hybridized carbons (Fsp3) is 0.429. The summed E-state index contributed by atoms with van der Waals surface area (Å²) in [4.78, 5) is 27.6. The van der Waals surface area contributed by atoms with E-state index in [0.29, 0.717) is 6.54 Å². The standard InChI is InChI=1S/C28H32N2O3/c31-26-19-33-25-10-2-1-6-22(25)7-3-4-13-28(20-29-26)14-16-30(17-15-28)27(32)24-12-11-21-8-5-9-23(21)18-24/h1-4,6,10-12,18H,5,7-9,13-17,19-20H2,(H,29,31)/b4-3+. The predicted molar refractivity (Wildman–Crippen MR) is 128 cm³/mol. The van der Waals surface area contributed by atoms with E-state index >= 15 is 0 Å². The van der Waals surface area contributed by atoms with E-state index in [-0.39, 0.29) is 23.8 Å². The molecule has 2 aliphatic heterocycles. The van der Waals surface area contributed by atoms with E-state index in [0.717, 1.165) is 68.5 Å². The molecule has 5 nitrogen and oxygen atoms in total. The molecule has 0 saturated carbocycles. The Morgan fingerprint density at radius 1 is 0.970 bits per heavy atom. The third kappa shape index (κ3) is 4.82. The van der Waals surface area contributed by atoms with Crippen LogP contribution in [-0.4, -0.2) is 43.0 Å². The van der Waals surface area contributed by atoms with E-state index in [4.69, 9.17) is 4.74 Å². The number of hydrogen-bond acceptors (Lipinski definition) is 3. The number of carbonyl (C=O) groups excluding carboxylic acids is 2. The van der Waals surface area contributed by atoms with Crippen LogP contribution in [0.1, 0.15) is 52.7 Å². The number of para-hydroxylation sites is 1. The van der Waals surface area contributed by atoms with Crippen LogP contribution in [-0.2, 0) is 24.1 Å². The third-order valence-electron chi connectivity index (χ3n) is 7.50. The summed E-state index contributed by atoms with van der Waals surface area (Å²) in [5.41, 5.74) is 4.61. The number of nitrogens with zero attached hydrogens (tertiary/aromatic N) is 1. The van der Waals surface area contributed by atoms with Crippen LogP contribution >= 0.6 is 0 Å². The van der Waals surface area contributed by atoms with Crippen LogP contribution in [0.3, 0.4) is 0 Å². The molecule has 3 aliphatic rings. The maximum atomic E-state index is 13.2. The maximum Gasteiger partial charge on any atom is 0.257 e. The van der Waals surface area contributed by atoms with Crippen molar-refractivity contribution in [1.82, 2.24) is 10.2 Å². The Kier molecular flexibility index (Phi) is 6.21. The summed E-state index contributed by atoms with van der Waals surface area (Å²) in [5.74, 6) is 0.814. The van der Waals surface area contributed by atoms with Crippen LogP contribution in [0.5, 0.6) is 5.75 Å². The Labute approximate surface area is 195 Å². The van der Waals surface area contributed by atoms with Crippen molar-refractivity contribution in [2.24, 2.45) is 5.41 Å². The fourth-order valence-electron chi connectivity index (χ4n) is 5.36. The number of rotatable bonds is 1. The largest absolute Gasteiger partial charge is 0.483 e. The van der Waals surface area contributed by atoms with Gasteiger partial charge in [-0.25, -0.2) is 0 Å². The summed E-state index contributed by atoms with van der Waals surface area (Å²) in [6.07, 6.45) is 11.3. The molecule has 1 N–H and O–H groups in total. The van der Waals surface area contributed by atoms with Crippen molar-refractivity contribution >= 4 is 11.8 Å². The molecule has 33 heavy (non-hydrogen) atoms. The topological polar surface area (TPSA) is 58.6 Å². The quantitative estimate of drug-likeness (QED) is 0.674. The van der Waals surface area contributed by atoms with Crippen LogP contribution in [0, 0.1) is 5.41 Å². The number of hydrogen-bond donors (Lipinski definition) is 1. The summed E-state index contributed by atoms with van der Waals surface area (Å²) in [5, 5.41) is 3.09. The second-order valence-electron chi connectivity index (χ2n) is 9.68. The average Bonchev–Trinajstić information content (AvgIpc) is 3.32. The number of likely N-dealkylation sites (tertiary alicyclic amines) is 1. The van der Waals surface area contributed by atoms with Gasteiger partial charge in [0.2, 0.25) is 0 Å². The van der Waals surface area contributed by atoms with E-state index in [1.165, 1.54) is 17.5 Å². The van der Waals surface area contributed by atoms with Crippen molar-refractivity contribution in [2.75, 3.05) is 26.2 Å². The van der Waals surface area contributed by atoms with Gasteiger partial charge in [-0.3, -0.25) is 9.59 Å². The minimum Gasteiger partial charge on any atom is -0.483 e. The van der Waals surface area contributed by atoms with Gasteiger partial charge in [-0.1, -0.05) is 36.4 Å². The Balaban J connectivity index is 1.26. The lowest BCUT2D eigenvalue weighted by Gasteiger charge is -2.41. The number of benzene rings is 2. The van der Waals surface area contributed by atoms with Gasteiger partial charge in [0.15, 0.2) is 6.61 Å².